The van der Waals surface area contributed by atoms with Gasteiger partial charge < -0.3 is 20.3 Å². The molecule has 0 saturated carbocycles. The molecule has 6 heteroatoms. The minimum Gasteiger partial charge on any atom is -0.466 e. The molecular formula is C75H145NO5. The summed E-state index contributed by atoms with van der Waals surface area (Å²) in [5.74, 6) is -0.0153. The van der Waals surface area contributed by atoms with E-state index < -0.39 is 12.1 Å². The molecule has 0 aliphatic rings. The number of ether oxygens (including phenoxy) is 1. The molecule has 6 nitrogen and oxygen atoms in total. The number of aliphatic hydroxyl groups excluding tert-OH is 2. The van der Waals surface area contributed by atoms with Crippen LogP contribution in [0.3, 0.4) is 0 Å². The largest absolute Gasteiger partial charge is 0.466 e. The van der Waals surface area contributed by atoms with Crippen molar-refractivity contribution in [3.8, 4) is 0 Å². The summed E-state index contributed by atoms with van der Waals surface area (Å²) in [6.07, 6.45) is 89.5. The molecule has 0 spiro atoms. The lowest BCUT2D eigenvalue weighted by atomic mass is 10.0. The number of carbonyl (C=O) groups excluding carboxylic acids is 2. The first-order valence-corrected chi connectivity index (χ1v) is 37.1. The van der Waals surface area contributed by atoms with E-state index >= 15 is 0 Å². The van der Waals surface area contributed by atoms with Crippen LogP contribution in [0.1, 0.15) is 418 Å². The molecule has 480 valence electrons. The van der Waals surface area contributed by atoms with Crippen LogP contribution in [-0.2, 0) is 14.3 Å². The van der Waals surface area contributed by atoms with Gasteiger partial charge in [-0.15, -0.1) is 0 Å². The van der Waals surface area contributed by atoms with Crippen LogP contribution in [0.4, 0.5) is 0 Å². The summed E-state index contributed by atoms with van der Waals surface area (Å²) in [6, 6.07) is -0.543. The normalized spacial score (nSPS) is 12.6. The first-order chi connectivity index (χ1) is 40.0. The Morgan fingerprint density at radius 3 is 0.938 bits per heavy atom. The van der Waals surface area contributed by atoms with Crippen molar-refractivity contribution < 1.29 is 24.5 Å². The molecular weight excluding hydrogens is 995 g/mol. The summed E-state index contributed by atoms with van der Waals surface area (Å²) in [7, 11) is 0. The number of unbranched alkanes of at least 4 members (excludes halogenated alkanes) is 55. The number of allylic oxidation sites excluding steroid dienone is 4. The van der Waals surface area contributed by atoms with E-state index in [1.165, 1.54) is 340 Å². The second-order valence-corrected chi connectivity index (χ2v) is 25.6. The number of nitrogens with one attached hydrogen (secondary N) is 1. The number of rotatable bonds is 70. The van der Waals surface area contributed by atoms with Gasteiger partial charge in [-0.1, -0.05) is 372 Å². The van der Waals surface area contributed by atoms with Crippen LogP contribution in [0, 0.1) is 0 Å². The zero-order valence-corrected chi connectivity index (χ0v) is 55.0. The highest BCUT2D eigenvalue weighted by atomic mass is 16.5. The summed E-state index contributed by atoms with van der Waals surface area (Å²) in [4.78, 5) is 24.6. The van der Waals surface area contributed by atoms with E-state index in [2.05, 4.69) is 43.5 Å². The lowest BCUT2D eigenvalue weighted by molar-refractivity contribution is -0.143. The third kappa shape index (κ3) is 67.3. The maximum Gasteiger partial charge on any atom is 0.305 e. The lowest BCUT2D eigenvalue weighted by Crippen LogP contribution is -2.45. The quantitative estimate of drug-likeness (QED) is 0.0320. The van der Waals surface area contributed by atoms with Gasteiger partial charge in [0.05, 0.1) is 25.4 Å². The Morgan fingerprint density at radius 1 is 0.346 bits per heavy atom. The standard InChI is InChI=1S/C75H145NO5/c1-3-5-7-9-11-13-15-17-19-21-33-36-39-43-47-51-55-59-63-67-73(78)72(71-77)76-74(79)68-64-60-56-52-48-44-40-37-34-31-29-27-25-23-22-24-26-28-30-32-35-38-42-46-50-54-58-62-66-70-81-75(80)69-65-61-57-53-49-45-41-20-18-16-14-12-10-8-6-4-2/h22,24,28,30,72-73,77-78H,3-21,23,25-27,29,31-71H2,1-2H3,(H,76,79)/b24-22-,30-28-. The van der Waals surface area contributed by atoms with Gasteiger partial charge in [-0.3, -0.25) is 9.59 Å². The van der Waals surface area contributed by atoms with Crippen molar-refractivity contribution in [2.45, 2.75) is 431 Å². The third-order valence-electron chi connectivity index (χ3n) is 17.5. The van der Waals surface area contributed by atoms with Gasteiger partial charge in [0, 0.05) is 12.8 Å². The van der Waals surface area contributed by atoms with Crippen molar-refractivity contribution in [3.63, 3.8) is 0 Å². The number of hydrogen-bond acceptors (Lipinski definition) is 5. The van der Waals surface area contributed by atoms with E-state index in [1.54, 1.807) is 0 Å². The number of esters is 1. The first kappa shape index (κ1) is 79.3. The lowest BCUT2D eigenvalue weighted by Gasteiger charge is -2.22. The molecule has 0 aromatic carbocycles. The predicted octanol–water partition coefficient (Wildman–Crippen LogP) is 24.1. The highest BCUT2D eigenvalue weighted by Crippen LogP contribution is 2.19. The summed E-state index contributed by atoms with van der Waals surface area (Å²) < 4.78 is 5.50. The minimum absolute atomic E-state index is 0.0164. The molecule has 0 bridgehead atoms. The van der Waals surface area contributed by atoms with Crippen molar-refractivity contribution in [1.82, 2.24) is 5.32 Å². The molecule has 0 aliphatic heterocycles. The van der Waals surface area contributed by atoms with Gasteiger partial charge in [0.15, 0.2) is 0 Å². The van der Waals surface area contributed by atoms with Crippen molar-refractivity contribution in [2.24, 2.45) is 0 Å². The highest BCUT2D eigenvalue weighted by Gasteiger charge is 2.20. The van der Waals surface area contributed by atoms with Crippen molar-refractivity contribution >= 4 is 11.9 Å². The summed E-state index contributed by atoms with van der Waals surface area (Å²) in [5, 5.41) is 23.4. The van der Waals surface area contributed by atoms with Crippen LogP contribution in [-0.4, -0.2) is 47.4 Å². The molecule has 0 rings (SSSR count). The van der Waals surface area contributed by atoms with E-state index in [1.807, 2.05) is 0 Å². The second kappa shape index (κ2) is 70.8. The van der Waals surface area contributed by atoms with Gasteiger partial charge in [0.1, 0.15) is 0 Å². The van der Waals surface area contributed by atoms with Gasteiger partial charge in [-0.05, 0) is 57.8 Å². The molecule has 2 unspecified atom stereocenters. The molecule has 0 aliphatic carbocycles. The number of amides is 1. The van der Waals surface area contributed by atoms with E-state index in [0.29, 0.717) is 25.9 Å². The molecule has 2 atom stereocenters. The van der Waals surface area contributed by atoms with Gasteiger partial charge in [0.25, 0.3) is 0 Å². The maximum atomic E-state index is 12.5. The molecule has 0 fully saturated rings. The fourth-order valence-electron chi connectivity index (χ4n) is 11.9. The molecule has 1 amide bonds. The van der Waals surface area contributed by atoms with E-state index in [0.717, 1.165) is 44.9 Å². The number of hydrogen-bond donors (Lipinski definition) is 3. The van der Waals surface area contributed by atoms with Crippen LogP contribution >= 0.6 is 0 Å². The Morgan fingerprint density at radius 2 is 0.617 bits per heavy atom. The molecule has 0 saturated heterocycles. The molecule has 0 heterocycles. The van der Waals surface area contributed by atoms with Crippen LogP contribution in [0.15, 0.2) is 24.3 Å². The molecule has 0 aromatic rings. The van der Waals surface area contributed by atoms with Crippen LogP contribution < -0.4 is 5.32 Å². The predicted molar refractivity (Wildman–Crippen MR) is 356 cm³/mol. The van der Waals surface area contributed by atoms with Crippen LogP contribution in [0.5, 0.6) is 0 Å². The Labute approximate surface area is 507 Å². The third-order valence-corrected chi connectivity index (χ3v) is 17.5. The van der Waals surface area contributed by atoms with Crippen molar-refractivity contribution in [2.75, 3.05) is 13.2 Å². The minimum atomic E-state index is -0.666. The Bertz CT molecular complexity index is 1270. The monoisotopic (exact) mass is 1140 g/mol. The van der Waals surface area contributed by atoms with E-state index in [-0.39, 0.29) is 18.5 Å². The molecule has 3 N–H and O–H groups in total. The van der Waals surface area contributed by atoms with Gasteiger partial charge in [-0.2, -0.15) is 0 Å². The van der Waals surface area contributed by atoms with Crippen LogP contribution in [0.2, 0.25) is 0 Å². The summed E-state index contributed by atoms with van der Waals surface area (Å²) in [6.45, 7) is 5.00. The SMILES string of the molecule is CCCCCCCCCCCCCCCCCCCCCC(O)C(CO)NC(=O)CCCCCCCCCCCCCCC/C=C\C/C=C\CCCCCCCCCCCOC(=O)CCCCCCCCCCCCCCCCCC. The molecule has 0 radical (unpaired) electrons. The Balaban J connectivity index is 3.39. The fourth-order valence-corrected chi connectivity index (χ4v) is 11.9. The zero-order valence-electron chi connectivity index (χ0n) is 55.0. The second-order valence-electron chi connectivity index (χ2n) is 25.6. The zero-order chi connectivity index (χ0) is 58.5. The van der Waals surface area contributed by atoms with Gasteiger partial charge in [0.2, 0.25) is 5.91 Å². The van der Waals surface area contributed by atoms with Gasteiger partial charge >= 0.3 is 5.97 Å². The smallest absolute Gasteiger partial charge is 0.305 e. The van der Waals surface area contributed by atoms with Gasteiger partial charge in [-0.25, -0.2) is 0 Å². The van der Waals surface area contributed by atoms with Crippen molar-refractivity contribution in [1.29, 1.82) is 0 Å². The number of aliphatic hydroxyl groups is 2. The Hall–Kier alpha value is -1.66. The highest BCUT2D eigenvalue weighted by molar-refractivity contribution is 5.76. The van der Waals surface area contributed by atoms with E-state index in [9.17, 15) is 19.8 Å². The summed E-state index contributed by atoms with van der Waals surface area (Å²) in [5.41, 5.74) is 0. The van der Waals surface area contributed by atoms with E-state index in [4.69, 9.17) is 4.74 Å². The maximum absolute atomic E-state index is 12.5. The number of carbonyl (C=O) groups is 2. The fraction of sp³-hybridized carbons (Fsp3) is 0.920. The average molecular weight is 1140 g/mol. The van der Waals surface area contributed by atoms with Crippen LogP contribution in [0.25, 0.3) is 0 Å². The molecule has 0 aromatic heterocycles. The topological polar surface area (TPSA) is 95.9 Å². The molecule has 81 heavy (non-hydrogen) atoms. The summed E-state index contributed by atoms with van der Waals surface area (Å²) >= 11 is 0. The first-order valence-electron chi connectivity index (χ1n) is 37.1. The Kier molecular flexibility index (Phi) is 69.4. The average Bonchev–Trinajstić information content (AvgIpc) is 3.47. The van der Waals surface area contributed by atoms with Crippen molar-refractivity contribution in [3.05, 3.63) is 24.3 Å².